The van der Waals surface area contributed by atoms with Crippen LogP contribution in [-0.4, -0.2) is 42.6 Å². The van der Waals surface area contributed by atoms with Gasteiger partial charge in [0.15, 0.2) is 6.29 Å². The SMILES string of the molecule is COCCN(c1nc(C)nc(Cl)c1C=O)C(C)C1CC1. The lowest BCUT2D eigenvalue weighted by molar-refractivity contribution is 0.112. The lowest BCUT2D eigenvalue weighted by Crippen LogP contribution is -2.38. The number of hydrogen-bond acceptors (Lipinski definition) is 5. The van der Waals surface area contributed by atoms with E-state index in [1.54, 1.807) is 14.0 Å². The first-order chi connectivity index (χ1) is 9.58. The van der Waals surface area contributed by atoms with Gasteiger partial charge in [0, 0.05) is 19.7 Å². The summed E-state index contributed by atoms with van der Waals surface area (Å²) < 4.78 is 5.17. The van der Waals surface area contributed by atoms with Crippen LogP contribution in [0.15, 0.2) is 0 Å². The molecule has 0 aliphatic heterocycles. The van der Waals surface area contributed by atoms with Crippen LogP contribution < -0.4 is 4.90 Å². The number of anilines is 1. The fourth-order valence-electron chi connectivity index (χ4n) is 2.38. The topological polar surface area (TPSA) is 55.3 Å². The highest BCUT2D eigenvalue weighted by Gasteiger charge is 2.33. The molecule has 0 radical (unpaired) electrons. The first kappa shape index (κ1) is 15.2. The van der Waals surface area contributed by atoms with Crippen molar-refractivity contribution in [3.8, 4) is 0 Å². The van der Waals surface area contributed by atoms with Gasteiger partial charge in [-0.25, -0.2) is 9.97 Å². The van der Waals surface area contributed by atoms with Gasteiger partial charge in [0.05, 0.1) is 12.2 Å². The van der Waals surface area contributed by atoms with Crippen molar-refractivity contribution >= 4 is 23.7 Å². The molecule has 0 spiro atoms. The molecule has 1 heterocycles. The minimum atomic E-state index is 0.216. The van der Waals surface area contributed by atoms with Gasteiger partial charge in [-0.3, -0.25) is 4.79 Å². The second kappa shape index (κ2) is 6.50. The van der Waals surface area contributed by atoms with Crippen molar-refractivity contribution in [3.05, 3.63) is 16.5 Å². The fourth-order valence-corrected chi connectivity index (χ4v) is 2.63. The maximum Gasteiger partial charge on any atom is 0.156 e. The lowest BCUT2D eigenvalue weighted by Gasteiger charge is -2.31. The molecule has 0 bridgehead atoms. The predicted molar refractivity (Wildman–Crippen MR) is 78.6 cm³/mol. The highest BCUT2D eigenvalue weighted by Crippen LogP contribution is 2.37. The number of rotatable bonds is 7. The summed E-state index contributed by atoms with van der Waals surface area (Å²) in [6.07, 6.45) is 3.17. The Morgan fingerprint density at radius 2 is 2.20 bits per heavy atom. The number of ether oxygens (including phenoxy) is 1. The van der Waals surface area contributed by atoms with Gasteiger partial charge in [-0.15, -0.1) is 0 Å². The molecular formula is C14H20ClN3O2. The number of carbonyl (C=O) groups excluding carboxylic acids is 1. The lowest BCUT2D eigenvalue weighted by atomic mass is 10.1. The quantitative estimate of drug-likeness (QED) is 0.572. The maximum absolute atomic E-state index is 11.3. The Balaban J connectivity index is 2.38. The van der Waals surface area contributed by atoms with Crippen molar-refractivity contribution in [2.45, 2.75) is 32.7 Å². The van der Waals surface area contributed by atoms with Gasteiger partial charge in [-0.05, 0) is 32.6 Å². The molecule has 20 heavy (non-hydrogen) atoms. The van der Waals surface area contributed by atoms with Crippen molar-refractivity contribution < 1.29 is 9.53 Å². The van der Waals surface area contributed by atoms with E-state index in [0.717, 1.165) is 6.29 Å². The third-order valence-corrected chi connectivity index (χ3v) is 4.00. The Bertz CT molecular complexity index is 492. The summed E-state index contributed by atoms with van der Waals surface area (Å²) in [5, 5.41) is 0.216. The summed E-state index contributed by atoms with van der Waals surface area (Å²) in [7, 11) is 1.67. The van der Waals surface area contributed by atoms with E-state index in [1.807, 2.05) is 0 Å². The average molecular weight is 298 g/mol. The Hall–Kier alpha value is -1.20. The molecule has 0 N–H and O–H groups in total. The fraction of sp³-hybridized carbons (Fsp3) is 0.643. The van der Waals surface area contributed by atoms with Crippen molar-refractivity contribution in [3.63, 3.8) is 0 Å². The first-order valence-electron chi connectivity index (χ1n) is 6.83. The third kappa shape index (κ3) is 3.27. The van der Waals surface area contributed by atoms with E-state index in [1.165, 1.54) is 12.8 Å². The third-order valence-electron chi connectivity index (χ3n) is 3.71. The van der Waals surface area contributed by atoms with E-state index in [0.29, 0.717) is 42.3 Å². The molecule has 1 fully saturated rings. The average Bonchev–Trinajstić information content (AvgIpc) is 3.22. The van der Waals surface area contributed by atoms with Crippen LogP contribution in [0.25, 0.3) is 0 Å². The van der Waals surface area contributed by atoms with Crippen molar-refractivity contribution in [1.82, 2.24) is 9.97 Å². The molecular weight excluding hydrogens is 278 g/mol. The molecule has 5 nitrogen and oxygen atoms in total. The maximum atomic E-state index is 11.3. The number of hydrogen-bond donors (Lipinski definition) is 0. The Labute approximate surface area is 124 Å². The van der Waals surface area contributed by atoms with Crippen molar-refractivity contribution in [2.24, 2.45) is 5.92 Å². The van der Waals surface area contributed by atoms with E-state index in [4.69, 9.17) is 16.3 Å². The standard InChI is InChI=1S/C14H20ClN3O2/c1-9(11-4-5-11)18(6-7-20-3)14-12(8-19)13(15)16-10(2)17-14/h8-9,11H,4-7H2,1-3H3. The summed E-state index contributed by atoms with van der Waals surface area (Å²) >= 11 is 6.07. The van der Waals surface area contributed by atoms with Gasteiger partial charge in [0.2, 0.25) is 0 Å². The van der Waals surface area contributed by atoms with E-state index < -0.39 is 0 Å². The number of nitrogens with zero attached hydrogens (tertiary/aromatic N) is 3. The van der Waals surface area contributed by atoms with Gasteiger partial charge in [0.1, 0.15) is 16.8 Å². The second-order valence-electron chi connectivity index (χ2n) is 5.18. The Morgan fingerprint density at radius 1 is 1.50 bits per heavy atom. The molecule has 1 saturated carbocycles. The second-order valence-corrected chi connectivity index (χ2v) is 5.54. The molecule has 1 aliphatic rings. The van der Waals surface area contributed by atoms with Crippen LogP contribution in [-0.2, 0) is 4.74 Å². The van der Waals surface area contributed by atoms with E-state index in [2.05, 4.69) is 21.8 Å². The van der Waals surface area contributed by atoms with Crippen LogP contribution in [0.3, 0.4) is 0 Å². The monoisotopic (exact) mass is 297 g/mol. The molecule has 1 unspecified atom stereocenters. The smallest absolute Gasteiger partial charge is 0.156 e. The molecule has 1 atom stereocenters. The van der Waals surface area contributed by atoms with Crippen LogP contribution in [0.5, 0.6) is 0 Å². The summed E-state index contributed by atoms with van der Waals surface area (Å²) in [5.74, 6) is 1.84. The molecule has 2 rings (SSSR count). The minimum absolute atomic E-state index is 0.216. The summed E-state index contributed by atoms with van der Waals surface area (Å²) in [5.41, 5.74) is 0.362. The first-order valence-corrected chi connectivity index (χ1v) is 7.21. The van der Waals surface area contributed by atoms with Gasteiger partial charge < -0.3 is 9.64 Å². The van der Waals surface area contributed by atoms with Gasteiger partial charge in [-0.2, -0.15) is 0 Å². The van der Waals surface area contributed by atoms with Gasteiger partial charge in [-0.1, -0.05) is 11.6 Å². The van der Waals surface area contributed by atoms with Crippen LogP contribution in [0.4, 0.5) is 5.82 Å². The molecule has 1 aromatic heterocycles. The zero-order valence-corrected chi connectivity index (χ0v) is 12.9. The Kier molecular flexibility index (Phi) is 4.94. The predicted octanol–water partition coefficient (Wildman–Crippen LogP) is 2.50. The molecule has 1 aliphatic carbocycles. The van der Waals surface area contributed by atoms with Crippen LogP contribution >= 0.6 is 11.6 Å². The zero-order valence-electron chi connectivity index (χ0n) is 12.1. The summed E-state index contributed by atoms with van der Waals surface area (Å²) in [6, 6.07) is 0.314. The number of halogens is 1. The summed E-state index contributed by atoms with van der Waals surface area (Å²) in [6.45, 7) is 5.20. The van der Waals surface area contributed by atoms with Crippen LogP contribution in [0, 0.1) is 12.8 Å². The summed E-state index contributed by atoms with van der Waals surface area (Å²) in [4.78, 5) is 21.9. The molecule has 0 amide bonds. The largest absolute Gasteiger partial charge is 0.383 e. The molecule has 6 heteroatoms. The Morgan fingerprint density at radius 3 is 2.75 bits per heavy atom. The molecule has 1 aromatic rings. The number of carbonyl (C=O) groups is 1. The number of aromatic nitrogens is 2. The minimum Gasteiger partial charge on any atom is -0.383 e. The van der Waals surface area contributed by atoms with Crippen molar-refractivity contribution in [1.29, 1.82) is 0 Å². The molecule has 110 valence electrons. The molecule has 0 saturated heterocycles. The number of aryl methyl sites for hydroxylation is 1. The zero-order chi connectivity index (χ0) is 14.7. The van der Waals surface area contributed by atoms with Crippen LogP contribution in [0.2, 0.25) is 5.15 Å². The number of methoxy groups -OCH3 is 1. The molecule has 0 aromatic carbocycles. The highest BCUT2D eigenvalue weighted by atomic mass is 35.5. The van der Waals surface area contributed by atoms with Gasteiger partial charge in [0.25, 0.3) is 0 Å². The van der Waals surface area contributed by atoms with Crippen molar-refractivity contribution in [2.75, 3.05) is 25.2 Å². The highest BCUT2D eigenvalue weighted by molar-refractivity contribution is 6.32. The van der Waals surface area contributed by atoms with E-state index in [9.17, 15) is 4.79 Å². The number of aldehydes is 1. The van der Waals surface area contributed by atoms with Gasteiger partial charge >= 0.3 is 0 Å². The van der Waals surface area contributed by atoms with Crippen LogP contribution in [0.1, 0.15) is 35.9 Å². The normalized spacial score (nSPS) is 16.0. The van der Waals surface area contributed by atoms with E-state index in [-0.39, 0.29) is 5.15 Å². The van der Waals surface area contributed by atoms with E-state index >= 15 is 0 Å².